The van der Waals surface area contributed by atoms with Crippen LogP contribution in [0.25, 0.3) is 11.4 Å². The van der Waals surface area contributed by atoms with E-state index in [9.17, 15) is 13.6 Å². The Balaban J connectivity index is 1.56. The standard InChI is InChI=1S/C21H22F2N4O2S/c1-14-5-4-6-16(11-14)19-24-25-21(27(19)3)30-13-18(28)26(2)12-15-7-9-17(10-8-15)29-20(22)23/h4-11,20H,12-13H2,1-3H3. The van der Waals surface area contributed by atoms with E-state index < -0.39 is 6.61 Å². The zero-order valence-electron chi connectivity index (χ0n) is 16.9. The molecule has 9 heteroatoms. The molecule has 0 saturated carbocycles. The van der Waals surface area contributed by atoms with Crippen molar-refractivity contribution < 1.29 is 18.3 Å². The highest BCUT2D eigenvalue weighted by Crippen LogP contribution is 2.23. The minimum atomic E-state index is -2.86. The van der Waals surface area contributed by atoms with Gasteiger partial charge in [0.25, 0.3) is 0 Å². The highest BCUT2D eigenvalue weighted by Gasteiger charge is 2.15. The number of aromatic nitrogens is 3. The van der Waals surface area contributed by atoms with E-state index in [-0.39, 0.29) is 17.4 Å². The van der Waals surface area contributed by atoms with Crippen LogP contribution in [-0.4, -0.2) is 45.0 Å². The van der Waals surface area contributed by atoms with Crippen LogP contribution >= 0.6 is 11.8 Å². The Kier molecular flexibility index (Phi) is 7.04. The lowest BCUT2D eigenvalue weighted by atomic mass is 10.1. The van der Waals surface area contributed by atoms with Crippen LogP contribution in [-0.2, 0) is 18.4 Å². The second-order valence-electron chi connectivity index (χ2n) is 6.80. The first kappa shape index (κ1) is 21.8. The molecule has 0 saturated heterocycles. The van der Waals surface area contributed by atoms with Gasteiger partial charge < -0.3 is 14.2 Å². The summed E-state index contributed by atoms with van der Waals surface area (Å²) in [5, 5.41) is 9.10. The molecule has 158 valence electrons. The predicted octanol–water partition coefficient (Wildman–Crippen LogP) is 4.14. The number of benzene rings is 2. The number of amides is 1. The number of carbonyl (C=O) groups excluding carboxylic acids is 1. The van der Waals surface area contributed by atoms with E-state index in [1.807, 2.05) is 42.8 Å². The fourth-order valence-electron chi connectivity index (χ4n) is 2.85. The zero-order valence-corrected chi connectivity index (χ0v) is 17.7. The van der Waals surface area contributed by atoms with Crippen molar-refractivity contribution in [2.24, 2.45) is 7.05 Å². The van der Waals surface area contributed by atoms with E-state index in [1.165, 1.54) is 23.9 Å². The van der Waals surface area contributed by atoms with Gasteiger partial charge in [0.1, 0.15) is 5.75 Å². The monoisotopic (exact) mass is 432 g/mol. The molecule has 6 nitrogen and oxygen atoms in total. The summed E-state index contributed by atoms with van der Waals surface area (Å²) in [6.07, 6.45) is 0. The summed E-state index contributed by atoms with van der Waals surface area (Å²) in [5.41, 5.74) is 2.92. The Bertz CT molecular complexity index is 1010. The van der Waals surface area contributed by atoms with Gasteiger partial charge in [-0.1, -0.05) is 47.7 Å². The Morgan fingerprint density at radius 2 is 1.93 bits per heavy atom. The molecule has 3 rings (SSSR count). The molecular weight excluding hydrogens is 410 g/mol. The van der Waals surface area contributed by atoms with Gasteiger partial charge in [-0.25, -0.2) is 0 Å². The van der Waals surface area contributed by atoms with Crippen LogP contribution in [0.1, 0.15) is 11.1 Å². The lowest BCUT2D eigenvalue weighted by molar-refractivity contribution is -0.127. The summed E-state index contributed by atoms with van der Waals surface area (Å²) in [7, 11) is 3.57. The number of alkyl halides is 2. The molecule has 0 aliphatic heterocycles. The van der Waals surface area contributed by atoms with Crippen LogP contribution in [0.4, 0.5) is 8.78 Å². The molecule has 1 amide bonds. The zero-order chi connectivity index (χ0) is 21.7. The predicted molar refractivity (Wildman–Crippen MR) is 111 cm³/mol. The smallest absolute Gasteiger partial charge is 0.387 e. The lowest BCUT2D eigenvalue weighted by Gasteiger charge is -2.17. The average molecular weight is 432 g/mol. The van der Waals surface area contributed by atoms with Crippen LogP contribution in [0.15, 0.2) is 53.7 Å². The topological polar surface area (TPSA) is 60.3 Å². The molecule has 1 aromatic heterocycles. The number of hydrogen-bond acceptors (Lipinski definition) is 5. The third-order valence-electron chi connectivity index (χ3n) is 4.43. The highest BCUT2D eigenvalue weighted by molar-refractivity contribution is 7.99. The third-order valence-corrected chi connectivity index (χ3v) is 5.43. The maximum atomic E-state index is 12.5. The maximum absolute atomic E-state index is 12.5. The Labute approximate surface area is 177 Å². The van der Waals surface area contributed by atoms with Gasteiger partial charge >= 0.3 is 6.61 Å². The molecule has 0 aliphatic rings. The highest BCUT2D eigenvalue weighted by atomic mass is 32.2. The van der Waals surface area contributed by atoms with Gasteiger partial charge in [0.2, 0.25) is 5.91 Å². The van der Waals surface area contributed by atoms with Gasteiger partial charge in [0.05, 0.1) is 5.75 Å². The van der Waals surface area contributed by atoms with Crippen LogP contribution < -0.4 is 4.74 Å². The van der Waals surface area contributed by atoms with Gasteiger partial charge in [0, 0.05) is 26.2 Å². The molecule has 30 heavy (non-hydrogen) atoms. The second-order valence-corrected chi connectivity index (χ2v) is 7.74. The average Bonchev–Trinajstić information content (AvgIpc) is 3.07. The number of hydrogen-bond donors (Lipinski definition) is 0. The Morgan fingerprint density at radius 3 is 2.60 bits per heavy atom. The molecule has 0 aliphatic carbocycles. The molecule has 0 bridgehead atoms. The number of ether oxygens (including phenoxy) is 1. The normalized spacial score (nSPS) is 11.0. The number of carbonyl (C=O) groups is 1. The fourth-order valence-corrected chi connectivity index (χ4v) is 3.70. The second kappa shape index (κ2) is 9.71. The lowest BCUT2D eigenvalue weighted by Crippen LogP contribution is -2.27. The van der Waals surface area contributed by atoms with E-state index in [0.29, 0.717) is 11.7 Å². The fraction of sp³-hybridized carbons (Fsp3) is 0.286. The first-order valence-electron chi connectivity index (χ1n) is 9.20. The van der Waals surface area contributed by atoms with Crippen molar-refractivity contribution in [3.8, 4) is 17.1 Å². The van der Waals surface area contributed by atoms with Crippen molar-refractivity contribution in [1.82, 2.24) is 19.7 Å². The van der Waals surface area contributed by atoms with Gasteiger partial charge in [-0.05, 0) is 30.7 Å². The SMILES string of the molecule is Cc1cccc(-c2nnc(SCC(=O)N(C)Cc3ccc(OC(F)F)cc3)n2C)c1. The van der Waals surface area contributed by atoms with Crippen molar-refractivity contribution >= 4 is 17.7 Å². The molecule has 0 atom stereocenters. The van der Waals surface area contributed by atoms with Crippen molar-refractivity contribution in [3.63, 3.8) is 0 Å². The summed E-state index contributed by atoms with van der Waals surface area (Å²) >= 11 is 1.32. The van der Waals surface area contributed by atoms with Crippen LogP contribution in [0.5, 0.6) is 5.75 Å². The van der Waals surface area contributed by atoms with E-state index in [1.54, 1.807) is 24.1 Å². The van der Waals surface area contributed by atoms with Gasteiger partial charge in [-0.2, -0.15) is 8.78 Å². The summed E-state index contributed by atoms with van der Waals surface area (Å²) in [5.74, 6) is 0.967. The number of rotatable bonds is 8. The van der Waals surface area contributed by atoms with Gasteiger partial charge in [-0.15, -0.1) is 10.2 Å². The molecule has 0 radical (unpaired) electrons. The van der Waals surface area contributed by atoms with E-state index in [4.69, 9.17) is 0 Å². The van der Waals surface area contributed by atoms with Crippen LogP contribution in [0, 0.1) is 6.92 Å². The number of nitrogens with zero attached hydrogens (tertiary/aromatic N) is 4. The quantitative estimate of drug-likeness (QED) is 0.501. The van der Waals surface area contributed by atoms with Crippen molar-refractivity contribution in [2.45, 2.75) is 25.2 Å². The maximum Gasteiger partial charge on any atom is 0.387 e. The third kappa shape index (κ3) is 5.56. The molecule has 1 heterocycles. The first-order chi connectivity index (χ1) is 14.3. The molecule has 2 aromatic carbocycles. The van der Waals surface area contributed by atoms with E-state index >= 15 is 0 Å². The summed E-state index contributed by atoms with van der Waals surface area (Å²) in [6.45, 7) is -0.477. The van der Waals surface area contributed by atoms with Gasteiger partial charge in [0.15, 0.2) is 11.0 Å². The number of aryl methyl sites for hydroxylation is 1. The minimum Gasteiger partial charge on any atom is -0.435 e. The van der Waals surface area contributed by atoms with Crippen LogP contribution in [0.2, 0.25) is 0 Å². The van der Waals surface area contributed by atoms with Crippen molar-refractivity contribution in [3.05, 3.63) is 59.7 Å². The summed E-state index contributed by atoms with van der Waals surface area (Å²) in [6, 6.07) is 14.2. The van der Waals surface area contributed by atoms with Crippen LogP contribution in [0.3, 0.4) is 0 Å². The molecule has 0 spiro atoms. The molecule has 0 fully saturated rings. The van der Waals surface area contributed by atoms with Crippen molar-refractivity contribution in [1.29, 1.82) is 0 Å². The molecular formula is C21H22F2N4O2S. The largest absolute Gasteiger partial charge is 0.435 e. The molecule has 0 unspecified atom stereocenters. The van der Waals surface area contributed by atoms with E-state index in [0.717, 1.165) is 22.5 Å². The Morgan fingerprint density at radius 1 is 1.20 bits per heavy atom. The minimum absolute atomic E-state index is 0.0759. The summed E-state index contributed by atoms with van der Waals surface area (Å²) < 4.78 is 30.6. The molecule has 3 aromatic rings. The first-order valence-corrected chi connectivity index (χ1v) is 10.2. The van der Waals surface area contributed by atoms with Gasteiger partial charge in [-0.3, -0.25) is 4.79 Å². The number of thioether (sulfide) groups is 1. The number of halogens is 2. The van der Waals surface area contributed by atoms with Crippen molar-refractivity contribution in [2.75, 3.05) is 12.8 Å². The van der Waals surface area contributed by atoms with E-state index in [2.05, 4.69) is 14.9 Å². The molecule has 0 N–H and O–H groups in total. The summed E-state index contributed by atoms with van der Waals surface area (Å²) in [4.78, 5) is 14.1. The Hall–Kier alpha value is -2.94.